The summed E-state index contributed by atoms with van der Waals surface area (Å²) in [6.07, 6.45) is 0.497. The number of carbonyl (C=O) groups is 1. The first kappa shape index (κ1) is 22.5. The molecule has 0 bridgehead atoms. The fraction of sp³-hybridized carbons (Fsp3) is 0.409. The van der Waals surface area contributed by atoms with Gasteiger partial charge in [-0.05, 0) is 35.7 Å². The first-order valence-corrected chi connectivity index (χ1v) is 12.4. The molecule has 2 fully saturated rings. The second kappa shape index (κ2) is 8.65. The van der Waals surface area contributed by atoms with Crippen LogP contribution in [0.4, 0.5) is 5.69 Å². The van der Waals surface area contributed by atoms with Gasteiger partial charge in [-0.1, -0.05) is 19.1 Å². The highest BCUT2D eigenvalue weighted by Gasteiger charge is 2.48. The maximum Gasteiger partial charge on any atom is 0.311 e. The lowest BCUT2D eigenvalue weighted by Crippen LogP contribution is -2.21. The fourth-order valence-electron chi connectivity index (χ4n) is 3.73. The van der Waals surface area contributed by atoms with Crippen molar-refractivity contribution in [2.45, 2.75) is 12.8 Å². The molecule has 0 radical (unpaired) electrons. The molecule has 170 valence electrons. The third kappa shape index (κ3) is 4.70. The van der Waals surface area contributed by atoms with Crippen LogP contribution < -0.4 is 4.74 Å². The molecule has 0 aliphatic carbocycles. The molecule has 1 amide bonds. The number of nitro groups is 1. The van der Waals surface area contributed by atoms with Crippen molar-refractivity contribution in [3.63, 3.8) is 0 Å². The second-order valence-electron chi connectivity index (χ2n) is 8.47. The van der Waals surface area contributed by atoms with E-state index >= 15 is 0 Å². The maximum atomic E-state index is 13.5. The zero-order chi connectivity index (χ0) is 23.0. The highest BCUT2D eigenvalue weighted by molar-refractivity contribution is 7.59. The number of ether oxygens (including phenoxy) is 1. The summed E-state index contributed by atoms with van der Waals surface area (Å²) in [5.74, 6) is 0.187. The summed E-state index contributed by atoms with van der Waals surface area (Å²) < 4.78 is 23.5. The summed E-state index contributed by atoms with van der Waals surface area (Å²) >= 11 is 0. The molecule has 2 saturated heterocycles. The molecule has 32 heavy (non-hydrogen) atoms. The Morgan fingerprint density at radius 2 is 1.81 bits per heavy atom. The van der Waals surface area contributed by atoms with Crippen LogP contribution in [0.25, 0.3) is 0 Å². The highest BCUT2D eigenvalue weighted by Crippen LogP contribution is 2.62. The molecule has 0 saturated carbocycles. The zero-order valence-corrected chi connectivity index (χ0v) is 19.3. The average Bonchev–Trinajstić information content (AvgIpc) is 3.65. The number of nitro benzene ring substituents is 1. The van der Waals surface area contributed by atoms with Gasteiger partial charge in [-0.15, -0.1) is 0 Å². The van der Waals surface area contributed by atoms with E-state index in [1.165, 1.54) is 11.0 Å². The first-order chi connectivity index (χ1) is 15.2. The Morgan fingerprint density at radius 3 is 2.38 bits per heavy atom. The molecule has 1 atom stereocenters. The van der Waals surface area contributed by atoms with E-state index in [0.29, 0.717) is 17.5 Å². The van der Waals surface area contributed by atoms with E-state index in [-0.39, 0.29) is 23.3 Å². The van der Waals surface area contributed by atoms with E-state index in [4.69, 9.17) is 4.74 Å². The Hall–Kier alpha value is -2.74. The molecule has 2 aromatic rings. The predicted molar refractivity (Wildman–Crippen MR) is 122 cm³/mol. The van der Waals surface area contributed by atoms with Crippen LogP contribution in [0.3, 0.4) is 0 Å². The van der Waals surface area contributed by atoms with E-state index in [0.717, 1.165) is 31.7 Å². The van der Waals surface area contributed by atoms with Gasteiger partial charge in [-0.25, -0.2) is 9.34 Å². The number of carbonyl (C=O) groups excluding carboxylic acids is 1. The van der Waals surface area contributed by atoms with Crippen molar-refractivity contribution in [2.75, 3.05) is 46.4 Å². The third-order valence-corrected chi connectivity index (χ3v) is 9.30. The van der Waals surface area contributed by atoms with Crippen molar-refractivity contribution < 1.29 is 19.0 Å². The SMILES string of the molecule is CC(CP(=O)(N1CC1)N1CC1)c1ccc([N+](=O)[O-])c(Oc2cccc(C(=O)N(C)C)c2)c1. The minimum atomic E-state index is -2.55. The van der Waals surface area contributed by atoms with E-state index in [9.17, 15) is 19.5 Å². The lowest BCUT2D eigenvalue weighted by Gasteiger charge is -2.24. The Kier molecular flexibility index (Phi) is 6.07. The standard InChI is InChI=1S/C22H27N4O5P/c1-16(15-32(30,24-9-10-24)25-11-12-25)17-7-8-20(26(28)29)21(14-17)31-19-6-4-5-18(13-19)22(27)23(2)3/h4-8,13-14,16H,9-12,15H2,1-3H3. The molecule has 10 heteroatoms. The van der Waals surface area contributed by atoms with Crippen LogP contribution in [0.1, 0.15) is 28.8 Å². The van der Waals surface area contributed by atoms with Crippen molar-refractivity contribution in [1.29, 1.82) is 0 Å². The molecule has 0 spiro atoms. The second-order valence-corrected chi connectivity index (χ2v) is 11.3. The van der Waals surface area contributed by atoms with Crippen LogP contribution in [-0.4, -0.2) is 71.5 Å². The molecule has 0 N–H and O–H groups in total. The summed E-state index contributed by atoms with van der Waals surface area (Å²) in [4.78, 5) is 24.8. The average molecular weight is 458 g/mol. The molecule has 2 aromatic carbocycles. The maximum absolute atomic E-state index is 13.5. The van der Waals surface area contributed by atoms with Crippen LogP contribution in [0.2, 0.25) is 0 Å². The van der Waals surface area contributed by atoms with Gasteiger partial charge >= 0.3 is 5.69 Å². The smallest absolute Gasteiger partial charge is 0.311 e. The lowest BCUT2D eigenvalue weighted by atomic mass is 10.0. The van der Waals surface area contributed by atoms with Gasteiger partial charge in [0, 0.05) is 58.1 Å². The number of rotatable bonds is 9. The van der Waals surface area contributed by atoms with Crippen molar-refractivity contribution in [1.82, 2.24) is 14.2 Å². The van der Waals surface area contributed by atoms with E-state index < -0.39 is 12.4 Å². The van der Waals surface area contributed by atoms with Gasteiger partial charge in [0.2, 0.25) is 13.2 Å². The Bertz CT molecular complexity index is 1080. The normalized spacial score (nSPS) is 17.0. The minimum Gasteiger partial charge on any atom is -0.450 e. The van der Waals surface area contributed by atoms with Gasteiger partial charge in [0.05, 0.1) is 4.92 Å². The lowest BCUT2D eigenvalue weighted by molar-refractivity contribution is -0.385. The Morgan fingerprint density at radius 1 is 1.16 bits per heavy atom. The van der Waals surface area contributed by atoms with E-state index in [1.807, 2.05) is 16.3 Å². The van der Waals surface area contributed by atoms with Crippen molar-refractivity contribution in [3.05, 3.63) is 63.7 Å². The molecular weight excluding hydrogens is 431 g/mol. The zero-order valence-electron chi connectivity index (χ0n) is 18.4. The van der Waals surface area contributed by atoms with Crippen LogP contribution in [-0.2, 0) is 4.57 Å². The Labute approximate surface area is 187 Å². The summed E-state index contributed by atoms with van der Waals surface area (Å²) in [6, 6.07) is 11.3. The van der Waals surface area contributed by atoms with Crippen molar-refractivity contribution in [3.8, 4) is 11.5 Å². The highest BCUT2D eigenvalue weighted by atomic mass is 31.2. The monoisotopic (exact) mass is 458 g/mol. The van der Waals surface area contributed by atoms with Crippen LogP contribution in [0, 0.1) is 10.1 Å². The molecule has 2 aliphatic heterocycles. The van der Waals surface area contributed by atoms with Gasteiger partial charge < -0.3 is 9.64 Å². The number of hydrogen-bond acceptors (Lipinski definition) is 5. The summed E-state index contributed by atoms with van der Waals surface area (Å²) in [5.41, 5.74) is 1.10. The molecule has 1 unspecified atom stereocenters. The molecule has 4 rings (SSSR count). The summed E-state index contributed by atoms with van der Waals surface area (Å²) in [7, 11) is 0.755. The topological polar surface area (TPSA) is 95.8 Å². The van der Waals surface area contributed by atoms with Gasteiger partial charge in [0.1, 0.15) is 5.75 Å². The number of amides is 1. The van der Waals surface area contributed by atoms with Gasteiger partial charge in [0.25, 0.3) is 5.91 Å². The van der Waals surface area contributed by atoms with Gasteiger partial charge in [0.15, 0.2) is 0 Å². The van der Waals surface area contributed by atoms with Crippen LogP contribution in [0.5, 0.6) is 11.5 Å². The molecule has 2 heterocycles. The molecular formula is C22H27N4O5P. The summed E-state index contributed by atoms with van der Waals surface area (Å²) in [6.45, 7) is 5.42. The van der Waals surface area contributed by atoms with Gasteiger partial charge in [-0.2, -0.15) is 0 Å². The number of nitrogens with zero attached hydrogens (tertiary/aromatic N) is 4. The van der Waals surface area contributed by atoms with Crippen molar-refractivity contribution in [2.24, 2.45) is 0 Å². The first-order valence-electron chi connectivity index (χ1n) is 10.6. The largest absolute Gasteiger partial charge is 0.450 e. The van der Waals surface area contributed by atoms with Crippen molar-refractivity contribution >= 4 is 19.0 Å². The molecule has 2 aliphatic rings. The van der Waals surface area contributed by atoms with Crippen LogP contribution >= 0.6 is 7.44 Å². The Balaban J connectivity index is 1.60. The molecule has 9 nitrogen and oxygen atoms in total. The number of hydrogen-bond donors (Lipinski definition) is 0. The van der Waals surface area contributed by atoms with E-state index in [2.05, 4.69) is 0 Å². The summed E-state index contributed by atoms with van der Waals surface area (Å²) in [5, 5.41) is 11.6. The third-order valence-electron chi connectivity index (χ3n) is 5.71. The molecule has 0 aromatic heterocycles. The van der Waals surface area contributed by atoms with Gasteiger partial charge in [-0.3, -0.25) is 19.5 Å². The number of benzene rings is 2. The predicted octanol–water partition coefficient (Wildman–Crippen LogP) is 4.02. The van der Waals surface area contributed by atoms with E-state index in [1.54, 1.807) is 50.5 Å². The van der Waals surface area contributed by atoms with Crippen LogP contribution in [0.15, 0.2) is 42.5 Å². The fourth-order valence-corrected chi connectivity index (χ4v) is 6.91. The quantitative estimate of drug-likeness (QED) is 0.242. The minimum absolute atomic E-state index is 0.0631.